The van der Waals surface area contributed by atoms with Crippen LogP contribution in [0.1, 0.15) is 24.2 Å². The minimum atomic E-state index is -0.134. The first kappa shape index (κ1) is 17.5. The van der Waals surface area contributed by atoms with Crippen LogP contribution in [-0.4, -0.2) is 40.1 Å². The maximum absolute atomic E-state index is 12.1. The van der Waals surface area contributed by atoms with Crippen LogP contribution in [0.4, 0.5) is 10.5 Å². The highest BCUT2D eigenvalue weighted by Crippen LogP contribution is 2.17. The molecular formula is C19H27N5O. The second-order valence-corrected chi connectivity index (χ2v) is 6.90. The molecule has 2 N–H and O–H groups in total. The standard InChI is InChI=1S/C19H27N5O/c1-15-5-7-17(8-6-15)22-19(25)21-12-16-4-3-10-24(13-16)14-18-20-9-11-23(18)2/h5-9,11,16H,3-4,10,12-14H2,1-2H3,(H2,21,22,25). The number of rotatable bonds is 5. The van der Waals surface area contributed by atoms with Gasteiger partial charge in [0.05, 0.1) is 6.54 Å². The first-order chi connectivity index (χ1) is 12.1. The molecule has 0 radical (unpaired) electrons. The number of carbonyl (C=O) groups excluding carboxylic acids is 1. The van der Waals surface area contributed by atoms with Crippen LogP contribution in [0.25, 0.3) is 0 Å². The number of nitrogens with zero attached hydrogens (tertiary/aromatic N) is 3. The zero-order valence-electron chi connectivity index (χ0n) is 15.0. The van der Waals surface area contributed by atoms with Crippen LogP contribution in [0.2, 0.25) is 0 Å². The molecule has 2 heterocycles. The van der Waals surface area contributed by atoms with Crippen molar-refractivity contribution in [2.24, 2.45) is 13.0 Å². The molecule has 1 fully saturated rings. The topological polar surface area (TPSA) is 62.2 Å². The summed E-state index contributed by atoms with van der Waals surface area (Å²) in [6.45, 7) is 5.70. The van der Waals surface area contributed by atoms with E-state index in [1.165, 1.54) is 5.56 Å². The fourth-order valence-corrected chi connectivity index (χ4v) is 3.26. The Morgan fingerprint density at radius 2 is 2.12 bits per heavy atom. The maximum Gasteiger partial charge on any atom is 0.319 e. The van der Waals surface area contributed by atoms with E-state index in [2.05, 4.69) is 25.1 Å². The van der Waals surface area contributed by atoms with E-state index >= 15 is 0 Å². The lowest BCUT2D eigenvalue weighted by Crippen LogP contribution is -2.41. The lowest BCUT2D eigenvalue weighted by molar-refractivity contribution is 0.161. The molecule has 134 valence electrons. The molecule has 0 spiro atoms. The summed E-state index contributed by atoms with van der Waals surface area (Å²) < 4.78 is 2.07. The minimum absolute atomic E-state index is 0.134. The van der Waals surface area contributed by atoms with Crippen molar-refractivity contribution >= 4 is 11.7 Å². The average molecular weight is 341 g/mol. The van der Waals surface area contributed by atoms with Gasteiger partial charge in [-0.1, -0.05) is 17.7 Å². The summed E-state index contributed by atoms with van der Waals surface area (Å²) in [6.07, 6.45) is 6.14. The number of imidazole rings is 1. The van der Waals surface area contributed by atoms with Gasteiger partial charge in [0.1, 0.15) is 5.82 Å². The molecule has 2 amide bonds. The second-order valence-electron chi connectivity index (χ2n) is 6.90. The molecular weight excluding hydrogens is 314 g/mol. The highest BCUT2D eigenvalue weighted by molar-refractivity contribution is 5.89. The number of benzene rings is 1. The summed E-state index contributed by atoms with van der Waals surface area (Å²) in [6, 6.07) is 7.69. The number of urea groups is 1. The molecule has 2 aromatic rings. The molecule has 6 heteroatoms. The zero-order valence-corrected chi connectivity index (χ0v) is 15.0. The number of anilines is 1. The Labute approximate surface area is 149 Å². The van der Waals surface area contributed by atoms with E-state index in [0.717, 1.165) is 44.0 Å². The predicted molar refractivity (Wildman–Crippen MR) is 99.4 cm³/mol. The Kier molecular flexibility index (Phi) is 5.71. The van der Waals surface area contributed by atoms with Gasteiger partial charge in [-0.3, -0.25) is 4.90 Å². The van der Waals surface area contributed by atoms with Gasteiger partial charge in [-0.15, -0.1) is 0 Å². The fraction of sp³-hybridized carbons (Fsp3) is 0.474. The van der Waals surface area contributed by atoms with E-state index in [9.17, 15) is 4.79 Å². The largest absolute Gasteiger partial charge is 0.338 e. The van der Waals surface area contributed by atoms with Gasteiger partial charge < -0.3 is 15.2 Å². The normalized spacial score (nSPS) is 18.1. The van der Waals surface area contributed by atoms with E-state index in [1.807, 2.05) is 50.6 Å². The third-order valence-electron chi connectivity index (χ3n) is 4.75. The van der Waals surface area contributed by atoms with Gasteiger partial charge in [-0.05, 0) is 44.4 Å². The summed E-state index contributed by atoms with van der Waals surface area (Å²) in [4.78, 5) is 18.9. The molecule has 1 atom stereocenters. The van der Waals surface area contributed by atoms with Crippen LogP contribution < -0.4 is 10.6 Å². The van der Waals surface area contributed by atoms with Crippen LogP contribution >= 0.6 is 0 Å². The zero-order chi connectivity index (χ0) is 17.6. The van der Waals surface area contributed by atoms with Crippen LogP contribution in [0.5, 0.6) is 0 Å². The Balaban J connectivity index is 1.43. The fourth-order valence-electron chi connectivity index (χ4n) is 3.26. The molecule has 1 aliphatic heterocycles. The van der Waals surface area contributed by atoms with Crippen molar-refractivity contribution in [2.45, 2.75) is 26.3 Å². The molecule has 1 aliphatic rings. The monoisotopic (exact) mass is 341 g/mol. The van der Waals surface area contributed by atoms with E-state index in [-0.39, 0.29) is 6.03 Å². The van der Waals surface area contributed by atoms with Crippen molar-refractivity contribution in [3.8, 4) is 0 Å². The van der Waals surface area contributed by atoms with Crippen molar-refractivity contribution in [1.82, 2.24) is 19.8 Å². The third-order valence-corrected chi connectivity index (χ3v) is 4.75. The molecule has 0 aliphatic carbocycles. The first-order valence-corrected chi connectivity index (χ1v) is 8.90. The van der Waals surface area contributed by atoms with Crippen molar-refractivity contribution < 1.29 is 4.79 Å². The smallest absolute Gasteiger partial charge is 0.319 e. The number of aromatic nitrogens is 2. The Morgan fingerprint density at radius 3 is 2.84 bits per heavy atom. The van der Waals surface area contributed by atoms with E-state index in [1.54, 1.807) is 0 Å². The van der Waals surface area contributed by atoms with E-state index in [4.69, 9.17) is 0 Å². The van der Waals surface area contributed by atoms with E-state index < -0.39 is 0 Å². The second kappa shape index (κ2) is 8.16. The molecule has 0 bridgehead atoms. The third kappa shape index (κ3) is 5.06. The number of aryl methyl sites for hydroxylation is 2. The number of carbonyl (C=O) groups is 1. The number of nitrogens with one attached hydrogen (secondary N) is 2. The Morgan fingerprint density at radius 1 is 1.32 bits per heavy atom. The van der Waals surface area contributed by atoms with Crippen LogP contribution in [-0.2, 0) is 13.6 Å². The first-order valence-electron chi connectivity index (χ1n) is 8.90. The number of likely N-dealkylation sites (tertiary alicyclic amines) is 1. The summed E-state index contributed by atoms with van der Waals surface area (Å²) in [5.41, 5.74) is 2.00. The van der Waals surface area contributed by atoms with Crippen LogP contribution in [0.15, 0.2) is 36.7 Å². The van der Waals surface area contributed by atoms with Crippen LogP contribution in [0, 0.1) is 12.8 Å². The molecule has 6 nitrogen and oxygen atoms in total. The summed E-state index contributed by atoms with van der Waals surface area (Å²) in [5, 5.41) is 5.90. The Bertz CT molecular complexity index is 694. The molecule has 0 saturated carbocycles. The predicted octanol–water partition coefficient (Wildman–Crippen LogP) is 2.76. The van der Waals surface area contributed by atoms with Crippen molar-refractivity contribution in [1.29, 1.82) is 0 Å². The van der Waals surface area contributed by atoms with Gasteiger partial charge in [0.25, 0.3) is 0 Å². The van der Waals surface area contributed by atoms with Gasteiger partial charge in [-0.25, -0.2) is 9.78 Å². The number of piperidine rings is 1. The van der Waals surface area contributed by atoms with Gasteiger partial charge in [0.2, 0.25) is 0 Å². The molecule has 1 aromatic heterocycles. The number of hydrogen-bond acceptors (Lipinski definition) is 3. The molecule has 3 rings (SSSR count). The maximum atomic E-state index is 12.1. The molecule has 1 unspecified atom stereocenters. The van der Waals surface area contributed by atoms with Gasteiger partial charge in [0, 0.05) is 38.2 Å². The summed E-state index contributed by atoms with van der Waals surface area (Å²) >= 11 is 0. The van der Waals surface area contributed by atoms with E-state index in [0.29, 0.717) is 12.5 Å². The molecule has 1 aromatic carbocycles. The molecule has 25 heavy (non-hydrogen) atoms. The molecule has 1 saturated heterocycles. The highest BCUT2D eigenvalue weighted by Gasteiger charge is 2.21. The summed E-state index contributed by atoms with van der Waals surface area (Å²) in [7, 11) is 2.03. The highest BCUT2D eigenvalue weighted by atomic mass is 16.2. The summed E-state index contributed by atoms with van der Waals surface area (Å²) in [5.74, 6) is 1.57. The van der Waals surface area contributed by atoms with Crippen molar-refractivity contribution in [3.63, 3.8) is 0 Å². The van der Waals surface area contributed by atoms with Gasteiger partial charge in [0.15, 0.2) is 0 Å². The van der Waals surface area contributed by atoms with Crippen molar-refractivity contribution in [3.05, 3.63) is 48.0 Å². The van der Waals surface area contributed by atoms with Crippen LogP contribution in [0.3, 0.4) is 0 Å². The van der Waals surface area contributed by atoms with Gasteiger partial charge in [-0.2, -0.15) is 0 Å². The van der Waals surface area contributed by atoms with Gasteiger partial charge >= 0.3 is 6.03 Å². The lowest BCUT2D eigenvalue weighted by Gasteiger charge is -2.32. The number of hydrogen-bond donors (Lipinski definition) is 2. The number of amides is 2. The average Bonchev–Trinajstić information content (AvgIpc) is 3.00. The SMILES string of the molecule is Cc1ccc(NC(=O)NCC2CCCN(Cc3nccn3C)C2)cc1. The minimum Gasteiger partial charge on any atom is -0.338 e. The van der Waals surface area contributed by atoms with Crippen molar-refractivity contribution in [2.75, 3.05) is 25.0 Å². The Hall–Kier alpha value is -2.34. The lowest BCUT2D eigenvalue weighted by atomic mass is 9.98. The quantitative estimate of drug-likeness (QED) is 0.879.